The molecule has 0 spiro atoms. The highest BCUT2D eigenvalue weighted by molar-refractivity contribution is 5.70. The molecule has 0 amide bonds. The van der Waals surface area contributed by atoms with E-state index in [-0.39, 0.29) is 30.1 Å². The number of hydrogen-bond donors (Lipinski definition) is 2. The Hall–Kier alpha value is -1.10. The molecule has 16 heavy (non-hydrogen) atoms. The van der Waals surface area contributed by atoms with Crippen molar-refractivity contribution < 1.29 is 24.5 Å². The van der Waals surface area contributed by atoms with Gasteiger partial charge < -0.3 is 14.9 Å². The van der Waals surface area contributed by atoms with Gasteiger partial charge in [-0.3, -0.25) is 9.59 Å². The van der Waals surface area contributed by atoms with Crippen molar-refractivity contribution in [3.8, 4) is 0 Å². The van der Waals surface area contributed by atoms with E-state index in [0.29, 0.717) is 26.1 Å². The van der Waals surface area contributed by atoms with Crippen LogP contribution in [0.4, 0.5) is 0 Å². The van der Waals surface area contributed by atoms with Crippen LogP contribution in [0.15, 0.2) is 0 Å². The first kappa shape index (κ1) is 11.4. The maximum atomic E-state index is 11.0. The summed E-state index contributed by atoms with van der Waals surface area (Å²) in [4.78, 5) is 21.7. The first-order valence-electron chi connectivity index (χ1n) is 5.60. The van der Waals surface area contributed by atoms with Gasteiger partial charge in [0.1, 0.15) is 0 Å². The van der Waals surface area contributed by atoms with Gasteiger partial charge >= 0.3 is 11.9 Å². The monoisotopic (exact) mass is 228 g/mol. The second-order valence-corrected chi connectivity index (χ2v) is 4.83. The maximum Gasteiger partial charge on any atom is 0.306 e. The third-order valence-electron chi connectivity index (χ3n) is 3.81. The van der Waals surface area contributed by atoms with Gasteiger partial charge in [-0.05, 0) is 30.6 Å². The molecule has 2 fully saturated rings. The van der Waals surface area contributed by atoms with Gasteiger partial charge in [0, 0.05) is 19.6 Å². The standard InChI is InChI=1S/C11H16O5/c12-10(13)3-9-7-1-6(11(14)15)2-8(9)5-16-4-7/h6-9H,1-5H2,(H,12,13)(H,14,15). The van der Waals surface area contributed by atoms with Crippen LogP contribution in [0.1, 0.15) is 19.3 Å². The predicted octanol–water partition coefficient (Wildman–Crippen LogP) is 0.835. The molecule has 5 nitrogen and oxygen atoms in total. The Labute approximate surface area is 93.4 Å². The fourth-order valence-corrected chi connectivity index (χ4v) is 3.05. The van der Waals surface area contributed by atoms with Gasteiger partial charge in [0.15, 0.2) is 0 Å². The third-order valence-corrected chi connectivity index (χ3v) is 3.81. The average molecular weight is 228 g/mol. The van der Waals surface area contributed by atoms with Crippen molar-refractivity contribution >= 4 is 11.9 Å². The van der Waals surface area contributed by atoms with Crippen LogP contribution in [0, 0.1) is 23.7 Å². The Morgan fingerprint density at radius 3 is 2.12 bits per heavy atom. The van der Waals surface area contributed by atoms with Gasteiger partial charge in [0.25, 0.3) is 0 Å². The lowest BCUT2D eigenvalue weighted by Gasteiger charge is -2.43. The van der Waals surface area contributed by atoms with Crippen LogP contribution in [0.3, 0.4) is 0 Å². The molecule has 1 heterocycles. The lowest BCUT2D eigenvalue weighted by molar-refractivity contribution is -0.152. The lowest BCUT2D eigenvalue weighted by atomic mass is 9.66. The van der Waals surface area contributed by atoms with Crippen molar-refractivity contribution in [2.45, 2.75) is 19.3 Å². The van der Waals surface area contributed by atoms with Gasteiger partial charge in [0.2, 0.25) is 0 Å². The molecule has 2 aliphatic rings. The highest BCUT2D eigenvalue weighted by Crippen LogP contribution is 2.43. The summed E-state index contributed by atoms with van der Waals surface area (Å²) >= 11 is 0. The summed E-state index contributed by atoms with van der Waals surface area (Å²) in [6.45, 7) is 1.02. The van der Waals surface area contributed by atoms with E-state index >= 15 is 0 Å². The van der Waals surface area contributed by atoms with E-state index in [4.69, 9.17) is 14.9 Å². The molecule has 1 saturated heterocycles. The van der Waals surface area contributed by atoms with E-state index in [2.05, 4.69) is 0 Å². The van der Waals surface area contributed by atoms with Gasteiger partial charge in [-0.15, -0.1) is 0 Å². The number of carbonyl (C=O) groups is 2. The van der Waals surface area contributed by atoms with E-state index in [1.165, 1.54) is 0 Å². The number of aliphatic carboxylic acids is 2. The van der Waals surface area contributed by atoms with Crippen LogP contribution < -0.4 is 0 Å². The maximum absolute atomic E-state index is 11.0. The fourth-order valence-electron chi connectivity index (χ4n) is 3.05. The molecule has 0 radical (unpaired) electrons. The SMILES string of the molecule is O=C(O)CC1C2COCC1CC(C(=O)O)C2. The zero-order valence-electron chi connectivity index (χ0n) is 8.96. The number of carboxylic acids is 2. The number of carboxylic acid groups (broad SMARTS) is 2. The zero-order valence-corrected chi connectivity index (χ0v) is 8.96. The van der Waals surface area contributed by atoms with E-state index in [1.807, 2.05) is 0 Å². The Kier molecular flexibility index (Phi) is 3.14. The van der Waals surface area contributed by atoms with Crippen molar-refractivity contribution in [1.82, 2.24) is 0 Å². The first-order valence-corrected chi connectivity index (χ1v) is 5.60. The molecule has 90 valence electrons. The van der Waals surface area contributed by atoms with Crippen molar-refractivity contribution in [2.24, 2.45) is 23.7 Å². The molecule has 2 N–H and O–H groups in total. The molecule has 1 saturated carbocycles. The third kappa shape index (κ3) is 2.19. The first-order chi connectivity index (χ1) is 7.58. The highest BCUT2D eigenvalue weighted by atomic mass is 16.5. The second-order valence-electron chi connectivity index (χ2n) is 4.83. The van der Waals surface area contributed by atoms with Crippen LogP contribution in [-0.4, -0.2) is 35.4 Å². The van der Waals surface area contributed by atoms with E-state index < -0.39 is 11.9 Å². The number of ether oxygens (including phenoxy) is 1. The number of rotatable bonds is 3. The number of fused-ring (bicyclic) bond motifs is 2. The molecule has 2 atom stereocenters. The molecule has 1 aliphatic carbocycles. The van der Waals surface area contributed by atoms with Crippen molar-refractivity contribution in [3.05, 3.63) is 0 Å². The van der Waals surface area contributed by atoms with Crippen LogP contribution in [0.25, 0.3) is 0 Å². The average Bonchev–Trinajstić information content (AvgIpc) is 2.15. The molecule has 1 aliphatic heterocycles. The summed E-state index contributed by atoms with van der Waals surface area (Å²) in [6, 6.07) is 0. The molecular weight excluding hydrogens is 212 g/mol. The fraction of sp³-hybridized carbons (Fsp3) is 0.818. The van der Waals surface area contributed by atoms with Crippen LogP contribution >= 0.6 is 0 Å². The smallest absolute Gasteiger partial charge is 0.306 e. The number of hydrogen-bond acceptors (Lipinski definition) is 3. The molecular formula is C11H16O5. The molecule has 2 unspecified atom stereocenters. The van der Waals surface area contributed by atoms with Gasteiger partial charge in [-0.2, -0.15) is 0 Å². The zero-order chi connectivity index (χ0) is 11.7. The molecule has 0 aromatic heterocycles. The normalized spacial score (nSPS) is 38.0. The largest absolute Gasteiger partial charge is 0.481 e. The Balaban J connectivity index is 2.07. The van der Waals surface area contributed by atoms with Gasteiger partial charge in [0.05, 0.1) is 5.92 Å². The lowest BCUT2D eigenvalue weighted by Crippen LogP contribution is -2.44. The van der Waals surface area contributed by atoms with Crippen molar-refractivity contribution in [3.63, 3.8) is 0 Å². The van der Waals surface area contributed by atoms with E-state index in [0.717, 1.165) is 0 Å². The van der Waals surface area contributed by atoms with Crippen LogP contribution in [-0.2, 0) is 14.3 Å². The quantitative estimate of drug-likeness (QED) is 0.747. The van der Waals surface area contributed by atoms with Crippen LogP contribution in [0.5, 0.6) is 0 Å². The summed E-state index contributed by atoms with van der Waals surface area (Å²) in [5, 5.41) is 17.8. The van der Waals surface area contributed by atoms with Gasteiger partial charge in [-0.25, -0.2) is 0 Å². The molecule has 2 bridgehead atoms. The molecule has 0 aromatic carbocycles. The van der Waals surface area contributed by atoms with Gasteiger partial charge in [-0.1, -0.05) is 0 Å². The summed E-state index contributed by atoms with van der Waals surface area (Å²) < 4.78 is 5.39. The molecule has 0 aromatic rings. The van der Waals surface area contributed by atoms with Crippen LogP contribution in [0.2, 0.25) is 0 Å². The second kappa shape index (κ2) is 4.41. The van der Waals surface area contributed by atoms with E-state index in [9.17, 15) is 9.59 Å². The summed E-state index contributed by atoms with van der Waals surface area (Å²) in [5.41, 5.74) is 0. The van der Waals surface area contributed by atoms with E-state index in [1.54, 1.807) is 0 Å². The van der Waals surface area contributed by atoms with Crippen molar-refractivity contribution in [1.29, 1.82) is 0 Å². The Bertz CT molecular complexity index is 287. The Morgan fingerprint density at radius 1 is 1.12 bits per heavy atom. The highest BCUT2D eigenvalue weighted by Gasteiger charge is 2.43. The van der Waals surface area contributed by atoms with Crippen molar-refractivity contribution in [2.75, 3.05) is 13.2 Å². The molecule has 5 heteroatoms. The summed E-state index contributed by atoms with van der Waals surface area (Å²) in [5.74, 6) is -1.57. The molecule has 2 rings (SSSR count). The minimum atomic E-state index is -0.796. The minimum absolute atomic E-state index is 0.0989. The minimum Gasteiger partial charge on any atom is -0.481 e. The summed E-state index contributed by atoms with van der Waals surface area (Å²) in [6.07, 6.45) is 1.26. The predicted molar refractivity (Wildman–Crippen MR) is 53.9 cm³/mol. The Morgan fingerprint density at radius 2 is 1.69 bits per heavy atom. The topological polar surface area (TPSA) is 83.8 Å². The summed E-state index contributed by atoms with van der Waals surface area (Å²) in [7, 11) is 0.